The lowest BCUT2D eigenvalue weighted by molar-refractivity contribution is -0.146. The highest BCUT2D eigenvalue weighted by atomic mass is 19.1. The van der Waals surface area contributed by atoms with Crippen LogP contribution in [0.1, 0.15) is 19.4 Å². The summed E-state index contributed by atoms with van der Waals surface area (Å²) in [7, 11) is 0. The van der Waals surface area contributed by atoms with Crippen LogP contribution >= 0.6 is 0 Å². The van der Waals surface area contributed by atoms with Crippen LogP contribution in [0.15, 0.2) is 24.4 Å². The second kappa shape index (κ2) is 3.87. The fourth-order valence-corrected chi connectivity index (χ4v) is 1.83. The van der Waals surface area contributed by atoms with Gasteiger partial charge in [-0.05, 0) is 38.0 Å². The van der Waals surface area contributed by atoms with Crippen molar-refractivity contribution in [3.05, 3.63) is 35.8 Å². The molecule has 0 radical (unpaired) electrons. The molecule has 0 bridgehead atoms. The molecule has 2 aromatic rings. The van der Waals surface area contributed by atoms with Gasteiger partial charge >= 0.3 is 5.97 Å². The minimum absolute atomic E-state index is 0.176. The minimum atomic E-state index is -0.967. The summed E-state index contributed by atoms with van der Waals surface area (Å²) in [6.45, 7) is 3.19. The van der Waals surface area contributed by atoms with Crippen LogP contribution in [0.5, 0.6) is 0 Å². The normalized spacial score (nSPS) is 11.9. The summed E-state index contributed by atoms with van der Waals surface area (Å²) in [5.41, 5.74) is 0.189. The molecule has 2 N–H and O–H groups in total. The summed E-state index contributed by atoms with van der Waals surface area (Å²) in [5.74, 6) is -1.26. The van der Waals surface area contributed by atoms with Gasteiger partial charge < -0.3 is 10.1 Å². The number of aromatic nitrogens is 1. The van der Waals surface area contributed by atoms with Crippen LogP contribution in [-0.4, -0.2) is 16.1 Å². The molecule has 1 aromatic carbocycles. The lowest BCUT2D eigenvalue weighted by Gasteiger charge is -2.19. The molecular formula is C13H14FNO2. The van der Waals surface area contributed by atoms with Gasteiger partial charge in [0.05, 0.1) is 5.41 Å². The molecule has 0 amide bonds. The van der Waals surface area contributed by atoms with Crippen LogP contribution in [0, 0.1) is 11.2 Å². The van der Waals surface area contributed by atoms with Crippen LogP contribution in [0.4, 0.5) is 4.39 Å². The van der Waals surface area contributed by atoms with Crippen LogP contribution in [-0.2, 0) is 11.2 Å². The molecule has 0 saturated heterocycles. The number of benzene rings is 1. The van der Waals surface area contributed by atoms with Crippen LogP contribution in [0.3, 0.4) is 0 Å². The molecule has 1 heterocycles. The van der Waals surface area contributed by atoms with Crippen molar-refractivity contribution in [3.8, 4) is 0 Å². The van der Waals surface area contributed by atoms with Gasteiger partial charge in [-0.15, -0.1) is 0 Å². The van der Waals surface area contributed by atoms with E-state index in [0.29, 0.717) is 10.9 Å². The SMILES string of the molecule is CC(C)(Cc1ccc2[nH]ccc2c1F)C(=O)O. The van der Waals surface area contributed by atoms with Gasteiger partial charge in [0, 0.05) is 17.1 Å². The van der Waals surface area contributed by atoms with E-state index in [4.69, 9.17) is 5.11 Å². The fraction of sp³-hybridized carbons (Fsp3) is 0.308. The van der Waals surface area contributed by atoms with E-state index in [1.165, 1.54) is 0 Å². The van der Waals surface area contributed by atoms with E-state index in [0.717, 1.165) is 5.52 Å². The second-order valence-electron chi connectivity index (χ2n) is 4.84. The highest BCUT2D eigenvalue weighted by molar-refractivity contribution is 5.81. The largest absolute Gasteiger partial charge is 0.481 e. The lowest BCUT2D eigenvalue weighted by Crippen LogP contribution is -2.26. The van der Waals surface area contributed by atoms with Crippen molar-refractivity contribution in [2.24, 2.45) is 5.41 Å². The smallest absolute Gasteiger partial charge is 0.309 e. The Bertz CT molecular complexity index is 572. The van der Waals surface area contributed by atoms with E-state index in [9.17, 15) is 9.18 Å². The summed E-state index contributed by atoms with van der Waals surface area (Å²) in [6, 6.07) is 5.06. The monoisotopic (exact) mass is 235 g/mol. The molecule has 0 aliphatic heterocycles. The number of aliphatic carboxylic acids is 1. The van der Waals surface area contributed by atoms with E-state index in [-0.39, 0.29) is 12.2 Å². The predicted molar refractivity (Wildman–Crippen MR) is 63.4 cm³/mol. The standard InChI is InChI=1S/C13H14FNO2/c1-13(2,12(16)17)7-8-3-4-10-9(11(8)14)5-6-15-10/h3-6,15H,7H2,1-2H3,(H,16,17). The van der Waals surface area contributed by atoms with Crippen molar-refractivity contribution in [2.45, 2.75) is 20.3 Å². The van der Waals surface area contributed by atoms with E-state index < -0.39 is 11.4 Å². The summed E-state index contributed by atoms with van der Waals surface area (Å²) in [6.07, 6.45) is 1.84. The number of carbonyl (C=O) groups is 1. The number of hydrogen-bond acceptors (Lipinski definition) is 1. The number of nitrogens with one attached hydrogen (secondary N) is 1. The zero-order valence-corrected chi connectivity index (χ0v) is 9.75. The van der Waals surface area contributed by atoms with Crippen molar-refractivity contribution in [1.82, 2.24) is 4.98 Å². The third-order valence-electron chi connectivity index (χ3n) is 2.96. The zero-order chi connectivity index (χ0) is 12.6. The highest BCUT2D eigenvalue weighted by Gasteiger charge is 2.28. The zero-order valence-electron chi connectivity index (χ0n) is 9.75. The van der Waals surface area contributed by atoms with Gasteiger partial charge in [0.1, 0.15) is 5.82 Å². The Morgan fingerprint density at radius 2 is 2.12 bits per heavy atom. The third kappa shape index (κ3) is 2.02. The van der Waals surface area contributed by atoms with Gasteiger partial charge in [-0.3, -0.25) is 4.79 Å². The average molecular weight is 235 g/mol. The van der Waals surface area contributed by atoms with Gasteiger partial charge in [0.2, 0.25) is 0 Å². The molecule has 3 nitrogen and oxygen atoms in total. The van der Waals surface area contributed by atoms with Gasteiger partial charge in [-0.25, -0.2) is 4.39 Å². The first kappa shape index (κ1) is 11.6. The second-order valence-corrected chi connectivity index (χ2v) is 4.84. The number of H-pyrrole nitrogens is 1. The molecule has 1 aromatic heterocycles. The summed E-state index contributed by atoms with van der Waals surface area (Å²) in [4.78, 5) is 13.9. The number of fused-ring (bicyclic) bond motifs is 1. The fourth-order valence-electron chi connectivity index (χ4n) is 1.83. The predicted octanol–water partition coefficient (Wildman–Crippen LogP) is 2.96. The Morgan fingerprint density at radius 1 is 1.41 bits per heavy atom. The summed E-state index contributed by atoms with van der Waals surface area (Å²) >= 11 is 0. The molecule has 2 rings (SSSR count). The first-order valence-electron chi connectivity index (χ1n) is 5.40. The van der Waals surface area contributed by atoms with Gasteiger partial charge in [-0.1, -0.05) is 6.07 Å². The minimum Gasteiger partial charge on any atom is -0.481 e. The quantitative estimate of drug-likeness (QED) is 0.859. The molecule has 0 fully saturated rings. The summed E-state index contributed by atoms with van der Waals surface area (Å²) in [5, 5.41) is 9.54. The Labute approximate surface area is 98.3 Å². The Morgan fingerprint density at radius 3 is 2.76 bits per heavy atom. The molecule has 4 heteroatoms. The molecule has 90 valence electrons. The number of halogens is 1. The molecule has 0 aliphatic rings. The van der Waals surface area contributed by atoms with E-state index in [1.807, 2.05) is 0 Å². The van der Waals surface area contributed by atoms with Crippen molar-refractivity contribution in [2.75, 3.05) is 0 Å². The van der Waals surface area contributed by atoms with E-state index >= 15 is 0 Å². The van der Waals surface area contributed by atoms with Crippen molar-refractivity contribution in [3.63, 3.8) is 0 Å². The van der Waals surface area contributed by atoms with Crippen LogP contribution in [0.2, 0.25) is 0 Å². The van der Waals surface area contributed by atoms with Crippen LogP contribution < -0.4 is 0 Å². The molecule has 0 unspecified atom stereocenters. The molecular weight excluding hydrogens is 221 g/mol. The first-order chi connectivity index (χ1) is 7.92. The van der Waals surface area contributed by atoms with Crippen molar-refractivity contribution < 1.29 is 14.3 Å². The first-order valence-corrected chi connectivity index (χ1v) is 5.40. The highest BCUT2D eigenvalue weighted by Crippen LogP contribution is 2.27. The maximum absolute atomic E-state index is 14.1. The van der Waals surface area contributed by atoms with Gasteiger partial charge in [0.15, 0.2) is 0 Å². The molecule has 0 spiro atoms. The van der Waals surface area contributed by atoms with E-state index in [1.54, 1.807) is 38.2 Å². The Balaban J connectivity index is 2.43. The molecule has 17 heavy (non-hydrogen) atoms. The molecule has 0 saturated carbocycles. The number of aromatic amines is 1. The number of rotatable bonds is 3. The number of carboxylic acids is 1. The topological polar surface area (TPSA) is 53.1 Å². The Kier molecular flexibility index (Phi) is 2.65. The maximum Gasteiger partial charge on any atom is 0.309 e. The van der Waals surface area contributed by atoms with Crippen LogP contribution in [0.25, 0.3) is 10.9 Å². The lowest BCUT2D eigenvalue weighted by atomic mass is 9.85. The van der Waals surface area contributed by atoms with Gasteiger partial charge in [0.25, 0.3) is 0 Å². The van der Waals surface area contributed by atoms with Crippen molar-refractivity contribution in [1.29, 1.82) is 0 Å². The van der Waals surface area contributed by atoms with Crippen molar-refractivity contribution >= 4 is 16.9 Å². The molecule has 0 aliphatic carbocycles. The molecule has 0 atom stereocenters. The van der Waals surface area contributed by atoms with E-state index in [2.05, 4.69) is 4.98 Å². The number of hydrogen-bond donors (Lipinski definition) is 2. The van der Waals surface area contributed by atoms with Gasteiger partial charge in [-0.2, -0.15) is 0 Å². The maximum atomic E-state index is 14.1. The Hall–Kier alpha value is -1.84. The number of carboxylic acid groups (broad SMARTS) is 1. The average Bonchev–Trinajstić information content (AvgIpc) is 2.70. The third-order valence-corrected chi connectivity index (χ3v) is 2.96. The summed E-state index contributed by atoms with van der Waals surface area (Å²) < 4.78 is 14.1.